The lowest BCUT2D eigenvalue weighted by atomic mass is 9.97. The van der Waals surface area contributed by atoms with E-state index >= 15 is 0 Å². The summed E-state index contributed by atoms with van der Waals surface area (Å²) >= 11 is 6.28. The van der Waals surface area contributed by atoms with Crippen LogP contribution in [0.15, 0.2) is 64.8 Å². The van der Waals surface area contributed by atoms with Crippen molar-refractivity contribution in [3.63, 3.8) is 0 Å². The molecule has 1 aliphatic rings. The van der Waals surface area contributed by atoms with Crippen LogP contribution in [0.4, 0.5) is 4.39 Å². The molecule has 1 aliphatic heterocycles. The minimum atomic E-state index is -0.940. The Morgan fingerprint density at radius 2 is 1.94 bits per heavy atom. The van der Waals surface area contributed by atoms with Crippen molar-refractivity contribution in [2.24, 2.45) is 0 Å². The summed E-state index contributed by atoms with van der Waals surface area (Å²) in [6.07, 6.45) is 1.81. The van der Waals surface area contributed by atoms with Crippen molar-refractivity contribution in [3.8, 4) is 5.75 Å². The van der Waals surface area contributed by atoms with Crippen LogP contribution in [0, 0.1) is 12.7 Å². The largest absolute Gasteiger partial charge is 0.507 e. The molecule has 33 heavy (non-hydrogen) atoms. The van der Waals surface area contributed by atoms with E-state index in [-0.39, 0.29) is 34.3 Å². The van der Waals surface area contributed by atoms with Crippen molar-refractivity contribution >= 4 is 29.1 Å². The van der Waals surface area contributed by atoms with E-state index in [1.54, 1.807) is 43.3 Å². The van der Waals surface area contributed by atoms with E-state index in [2.05, 4.69) is 0 Å². The van der Waals surface area contributed by atoms with Crippen molar-refractivity contribution < 1.29 is 28.2 Å². The fourth-order valence-corrected chi connectivity index (χ4v) is 4.36. The van der Waals surface area contributed by atoms with Gasteiger partial charge in [0.15, 0.2) is 0 Å². The number of rotatable bonds is 6. The van der Waals surface area contributed by atoms with Crippen LogP contribution in [0.2, 0.25) is 5.02 Å². The first-order chi connectivity index (χ1) is 15.8. The first-order valence-corrected chi connectivity index (χ1v) is 10.6. The molecule has 3 aromatic rings. The van der Waals surface area contributed by atoms with Crippen molar-refractivity contribution in [2.45, 2.75) is 19.4 Å². The number of furan rings is 1. The van der Waals surface area contributed by atoms with E-state index in [0.29, 0.717) is 12.2 Å². The molecule has 1 saturated heterocycles. The van der Waals surface area contributed by atoms with Gasteiger partial charge in [0.25, 0.3) is 11.7 Å². The number of nitrogens with zero attached hydrogens (tertiary/aromatic N) is 1. The summed E-state index contributed by atoms with van der Waals surface area (Å²) in [6, 6.07) is 11.5. The Kier molecular flexibility index (Phi) is 6.24. The number of hydrogen-bond donors (Lipinski definition) is 1. The lowest BCUT2D eigenvalue weighted by Crippen LogP contribution is -2.31. The molecule has 2 heterocycles. The van der Waals surface area contributed by atoms with E-state index in [0.717, 1.165) is 11.1 Å². The monoisotopic (exact) mass is 469 g/mol. The summed E-state index contributed by atoms with van der Waals surface area (Å²) in [6.45, 7) is 1.94. The van der Waals surface area contributed by atoms with Gasteiger partial charge < -0.3 is 19.2 Å². The van der Waals surface area contributed by atoms with Gasteiger partial charge >= 0.3 is 0 Å². The van der Waals surface area contributed by atoms with Gasteiger partial charge in [0.2, 0.25) is 0 Å². The van der Waals surface area contributed by atoms with E-state index in [4.69, 9.17) is 20.8 Å². The molecule has 0 aliphatic carbocycles. The number of Topliss-reactive ketones (excluding diaryl/α,β-unsaturated/α-hetero) is 1. The summed E-state index contributed by atoms with van der Waals surface area (Å²) in [7, 11) is 1.40. The van der Waals surface area contributed by atoms with Gasteiger partial charge in [-0.05, 0) is 60.9 Å². The fourth-order valence-electron chi connectivity index (χ4n) is 4.01. The lowest BCUT2D eigenvalue weighted by Gasteiger charge is -2.23. The van der Waals surface area contributed by atoms with Gasteiger partial charge in [0.1, 0.15) is 29.1 Å². The third kappa shape index (κ3) is 4.24. The second-order valence-electron chi connectivity index (χ2n) is 7.71. The molecule has 1 unspecified atom stereocenters. The number of aliphatic hydroxyl groups excluding tert-OH is 1. The molecule has 1 fully saturated rings. The lowest BCUT2D eigenvalue weighted by molar-refractivity contribution is -0.140. The number of likely N-dealkylation sites (tertiary alicyclic amines) is 1. The Balaban J connectivity index is 1.80. The number of ether oxygens (including phenoxy) is 1. The number of methoxy groups -OCH3 is 1. The number of amides is 1. The summed E-state index contributed by atoms with van der Waals surface area (Å²) in [5.74, 6) is -1.85. The molecule has 1 atom stereocenters. The summed E-state index contributed by atoms with van der Waals surface area (Å²) in [4.78, 5) is 27.4. The van der Waals surface area contributed by atoms with Gasteiger partial charge in [0.05, 0.1) is 29.5 Å². The van der Waals surface area contributed by atoms with Gasteiger partial charge in [-0.1, -0.05) is 23.7 Å². The average Bonchev–Trinajstić information content (AvgIpc) is 3.40. The predicted octanol–water partition coefficient (Wildman–Crippen LogP) is 5.05. The highest BCUT2D eigenvalue weighted by Gasteiger charge is 2.47. The molecular weight excluding hydrogens is 449 g/mol. The number of carbonyl (C=O) groups is 2. The Labute approximate surface area is 194 Å². The Hall–Kier alpha value is -3.58. The topological polar surface area (TPSA) is 80.0 Å². The van der Waals surface area contributed by atoms with Crippen LogP contribution in [-0.2, 0) is 16.0 Å². The molecule has 2 aromatic carbocycles. The summed E-state index contributed by atoms with van der Waals surface area (Å²) in [5.41, 5.74) is 1.62. The molecule has 170 valence electrons. The van der Waals surface area contributed by atoms with Crippen molar-refractivity contribution in [3.05, 3.63) is 93.7 Å². The molecule has 1 aromatic heterocycles. The molecule has 0 bridgehead atoms. The third-order valence-corrected chi connectivity index (χ3v) is 5.84. The van der Waals surface area contributed by atoms with Crippen LogP contribution in [0.5, 0.6) is 5.75 Å². The number of benzene rings is 2. The standard InChI is InChI=1S/C25H21ClFNO5/c1-14-12-17(24(32-2)18(26)13-14)22(29)20-21(19-4-3-11-33-19)28(25(31)23(20)30)10-9-15-5-7-16(27)8-6-15/h3-8,11-13,21,29H,9-10H2,1-2H3/b22-20-. The molecule has 1 N–H and O–H groups in total. The number of ketones is 1. The van der Waals surface area contributed by atoms with Crippen LogP contribution < -0.4 is 4.74 Å². The maximum absolute atomic E-state index is 13.2. The molecule has 6 nitrogen and oxygen atoms in total. The molecule has 0 saturated carbocycles. The van der Waals surface area contributed by atoms with Gasteiger partial charge in [-0.3, -0.25) is 9.59 Å². The Morgan fingerprint density at radius 1 is 1.21 bits per heavy atom. The minimum absolute atomic E-state index is 0.117. The number of aliphatic hydroxyl groups is 1. The normalized spacial score (nSPS) is 17.6. The second kappa shape index (κ2) is 9.11. The predicted molar refractivity (Wildman–Crippen MR) is 121 cm³/mol. The molecule has 8 heteroatoms. The highest BCUT2D eigenvalue weighted by Crippen LogP contribution is 2.42. The van der Waals surface area contributed by atoms with E-state index in [1.165, 1.54) is 30.4 Å². The van der Waals surface area contributed by atoms with Crippen LogP contribution in [0.3, 0.4) is 0 Å². The summed E-state index contributed by atoms with van der Waals surface area (Å²) in [5, 5.41) is 11.5. The van der Waals surface area contributed by atoms with E-state index in [9.17, 15) is 19.1 Å². The second-order valence-corrected chi connectivity index (χ2v) is 8.12. The maximum atomic E-state index is 13.2. The van der Waals surface area contributed by atoms with Crippen molar-refractivity contribution in [1.82, 2.24) is 4.90 Å². The van der Waals surface area contributed by atoms with Gasteiger partial charge in [0, 0.05) is 6.54 Å². The molecule has 0 radical (unpaired) electrons. The quantitative estimate of drug-likeness (QED) is 0.310. The fraction of sp³-hybridized carbons (Fsp3) is 0.200. The summed E-state index contributed by atoms with van der Waals surface area (Å²) < 4.78 is 24.1. The zero-order valence-corrected chi connectivity index (χ0v) is 18.7. The molecule has 0 spiro atoms. The van der Waals surface area contributed by atoms with E-state index < -0.39 is 23.5 Å². The zero-order chi connectivity index (χ0) is 23.7. The number of hydrogen-bond acceptors (Lipinski definition) is 5. The first-order valence-electron chi connectivity index (χ1n) is 10.2. The number of aryl methyl sites for hydroxylation is 1. The average molecular weight is 470 g/mol. The smallest absolute Gasteiger partial charge is 0.295 e. The molecular formula is C25H21ClFNO5. The highest BCUT2D eigenvalue weighted by molar-refractivity contribution is 6.46. The van der Waals surface area contributed by atoms with Crippen LogP contribution >= 0.6 is 11.6 Å². The van der Waals surface area contributed by atoms with Crippen molar-refractivity contribution in [1.29, 1.82) is 0 Å². The molecule has 4 rings (SSSR count). The minimum Gasteiger partial charge on any atom is -0.507 e. The third-order valence-electron chi connectivity index (χ3n) is 5.55. The Bertz CT molecular complexity index is 1230. The first kappa shape index (κ1) is 22.6. The van der Waals surface area contributed by atoms with Crippen molar-refractivity contribution in [2.75, 3.05) is 13.7 Å². The Morgan fingerprint density at radius 3 is 2.58 bits per heavy atom. The van der Waals surface area contributed by atoms with Crippen LogP contribution in [0.1, 0.15) is 28.5 Å². The maximum Gasteiger partial charge on any atom is 0.295 e. The van der Waals surface area contributed by atoms with E-state index in [1.807, 2.05) is 0 Å². The molecule has 1 amide bonds. The van der Waals surface area contributed by atoms with Crippen LogP contribution in [-0.4, -0.2) is 35.4 Å². The number of carbonyl (C=O) groups excluding carboxylic acids is 2. The number of halogens is 2. The highest BCUT2D eigenvalue weighted by atomic mass is 35.5. The van der Waals surface area contributed by atoms with Crippen LogP contribution in [0.25, 0.3) is 5.76 Å². The van der Waals surface area contributed by atoms with Gasteiger partial charge in [-0.2, -0.15) is 0 Å². The van der Waals surface area contributed by atoms with Gasteiger partial charge in [-0.25, -0.2) is 4.39 Å². The zero-order valence-electron chi connectivity index (χ0n) is 18.0. The van der Waals surface area contributed by atoms with Gasteiger partial charge in [-0.15, -0.1) is 0 Å². The SMILES string of the molecule is COc1c(Cl)cc(C)cc1/C(O)=C1/C(=O)C(=O)N(CCc2ccc(F)cc2)C1c1ccco1.